The number of hydrogen-bond acceptors (Lipinski definition) is 4. The Morgan fingerprint density at radius 3 is 2.68 bits per heavy atom. The third-order valence-corrected chi connectivity index (χ3v) is 2.88. The lowest BCUT2D eigenvalue weighted by Crippen LogP contribution is -2.15. The molecule has 1 N–H and O–H groups in total. The largest absolute Gasteiger partial charge is 0.493 e. The van der Waals surface area contributed by atoms with E-state index in [0.29, 0.717) is 22.6 Å². The highest BCUT2D eigenvalue weighted by Crippen LogP contribution is 2.15. The van der Waals surface area contributed by atoms with Crippen LogP contribution in [-0.4, -0.2) is 12.5 Å². The zero-order valence-corrected chi connectivity index (χ0v) is 11.7. The summed E-state index contributed by atoms with van der Waals surface area (Å²) in [6.07, 6.45) is 0.149. The van der Waals surface area contributed by atoms with Crippen LogP contribution in [0, 0.1) is 22.7 Å². The lowest BCUT2D eigenvalue weighted by molar-refractivity contribution is -0.116. The van der Waals surface area contributed by atoms with E-state index in [0.717, 1.165) is 0 Å². The van der Waals surface area contributed by atoms with Gasteiger partial charge >= 0.3 is 0 Å². The zero-order chi connectivity index (χ0) is 15.8. The summed E-state index contributed by atoms with van der Waals surface area (Å²) in [5.41, 5.74) is 1.41. The van der Waals surface area contributed by atoms with Crippen molar-refractivity contribution >= 4 is 11.6 Å². The Hall–Kier alpha value is -3.31. The normalized spacial score (nSPS) is 9.36. The third-order valence-electron chi connectivity index (χ3n) is 2.88. The zero-order valence-electron chi connectivity index (χ0n) is 11.7. The summed E-state index contributed by atoms with van der Waals surface area (Å²) in [6.45, 7) is 0.190. The van der Waals surface area contributed by atoms with Crippen LogP contribution in [0.25, 0.3) is 0 Å². The number of hydrogen-bond donors (Lipinski definition) is 1. The second-order valence-corrected chi connectivity index (χ2v) is 4.44. The van der Waals surface area contributed by atoms with Crippen LogP contribution in [0.5, 0.6) is 5.75 Å². The van der Waals surface area contributed by atoms with E-state index in [1.807, 2.05) is 12.1 Å². The van der Waals surface area contributed by atoms with Gasteiger partial charge in [-0.25, -0.2) is 0 Å². The molecular formula is C17H13N3O2. The van der Waals surface area contributed by atoms with Crippen LogP contribution in [0.15, 0.2) is 48.5 Å². The maximum atomic E-state index is 11.8. The van der Waals surface area contributed by atoms with Crippen LogP contribution in [0.3, 0.4) is 0 Å². The topological polar surface area (TPSA) is 85.9 Å². The van der Waals surface area contributed by atoms with Crippen molar-refractivity contribution < 1.29 is 9.53 Å². The van der Waals surface area contributed by atoms with Gasteiger partial charge < -0.3 is 10.1 Å². The van der Waals surface area contributed by atoms with Gasteiger partial charge in [0.25, 0.3) is 0 Å². The van der Waals surface area contributed by atoms with Crippen molar-refractivity contribution in [3.05, 3.63) is 59.7 Å². The van der Waals surface area contributed by atoms with Crippen molar-refractivity contribution in [3.8, 4) is 17.9 Å². The van der Waals surface area contributed by atoms with Gasteiger partial charge in [-0.3, -0.25) is 4.79 Å². The molecule has 5 nitrogen and oxygen atoms in total. The second kappa shape index (κ2) is 7.47. The molecule has 108 valence electrons. The highest BCUT2D eigenvalue weighted by atomic mass is 16.5. The molecule has 0 atom stereocenters. The Balaban J connectivity index is 1.86. The molecule has 0 aliphatic carbocycles. The number of ether oxygens (including phenoxy) is 1. The molecule has 1 amide bonds. The van der Waals surface area contributed by atoms with Gasteiger partial charge in [0, 0.05) is 0 Å². The highest BCUT2D eigenvalue weighted by molar-refractivity contribution is 5.92. The van der Waals surface area contributed by atoms with E-state index in [2.05, 4.69) is 5.32 Å². The van der Waals surface area contributed by atoms with Crippen LogP contribution >= 0.6 is 0 Å². The fourth-order valence-electron chi connectivity index (χ4n) is 1.82. The van der Waals surface area contributed by atoms with Gasteiger partial charge in [-0.2, -0.15) is 10.5 Å². The van der Waals surface area contributed by atoms with Crippen LogP contribution in [-0.2, 0) is 4.79 Å². The Bertz CT molecular complexity index is 757. The third kappa shape index (κ3) is 4.09. The molecule has 0 saturated heterocycles. The Labute approximate surface area is 128 Å². The van der Waals surface area contributed by atoms with Gasteiger partial charge in [0.1, 0.15) is 11.8 Å². The summed E-state index contributed by atoms with van der Waals surface area (Å²) in [7, 11) is 0. The fourth-order valence-corrected chi connectivity index (χ4v) is 1.82. The van der Waals surface area contributed by atoms with Crippen LogP contribution in [0.4, 0.5) is 5.69 Å². The number of carbonyl (C=O) groups is 1. The minimum Gasteiger partial charge on any atom is -0.493 e. The van der Waals surface area contributed by atoms with E-state index in [1.54, 1.807) is 48.5 Å². The minimum absolute atomic E-state index is 0.149. The van der Waals surface area contributed by atoms with Gasteiger partial charge in [-0.05, 0) is 30.3 Å². The van der Waals surface area contributed by atoms with E-state index in [9.17, 15) is 4.79 Å². The van der Waals surface area contributed by atoms with Crippen molar-refractivity contribution in [1.29, 1.82) is 10.5 Å². The Kier molecular flexibility index (Phi) is 5.12. The number of rotatable bonds is 5. The molecule has 0 spiro atoms. The quantitative estimate of drug-likeness (QED) is 0.917. The standard InChI is InChI=1S/C17H13N3O2/c18-11-13-4-3-6-15(10-13)22-9-8-17(21)20-16-7-2-1-5-14(16)12-19/h1-7,10H,8-9H2,(H,20,21). The molecule has 2 rings (SSSR count). The monoisotopic (exact) mass is 291 g/mol. The number of nitriles is 2. The lowest BCUT2D eigenvalue weighted by atomic mass is 10.2. The van der Waals surface area contributed by atoms with E-state index in [-0.39, 0.29) is 18.9 Å². The Morgan fingerprint density at radius 1 is 1.09 bits per heavy atom. The van der Waals surface area contributed by atoms with Gasteiger partial charge in [0.15, 0.2) is 0 Å². The van der Waals surface area contributed by atoms with Crippen molar-refractivity contribution in [3.63, 3.8) is 0 Å². The molecule has 0 aliphatic heterocycles. The molecular weight excluding hydrogens is 278 g/mol. The fraction of sp³-hybridized carbons (Fsp3) is 0.118. The van der Waals surface area contributed by atoms with Crippen molar-refractivity contribution in [2.24, 2.45) is 0 Å². The molecule has 5 heteroatoms. The van der Waals surface area contributed by atoms with Crippen molar-refractivity contribution in [1.82, 2.24) is 0 Å². The molecule has 2 aromatic carbocycles. The summed E-state index contributed by atoms with van der Waals surface area (Å²) >= 11 is 0. The summed E-state index contributed by atoms with van der Waals surface area (Å²) in [6, 6.07) is 17.6. The number of carbonyl (C=O) groups excluding carboxylic acids is 1. The molecule has 0 aliphatic rings. The SMILES string of the molecule is N#Cc1cccc(OCCC(=O)Nc2ccccc2C#N)c1. The lowest BCUT2D eigenvalue weighted by Gasteiger charge is -2.08. The maximum Gasteiger partial charge on any atom is 0.227 e. The number of para-hydroxylation sites is 1. The summed E-state index contributed by atoms with van der Waals surface area (Å²) in [5, 5.41) is 20.4. The van der Waals surface area contributed by atoms with Crippen molar-refractivity contribution in [2.75, 3.05) is 11.9 Å². The number of nitrogens with zero attached hydrogens (tertiary/aromatic N) is 2. The van der Waals surface area contributed by atoms with Crippen molar-refractivity contribution in [2.45, 2.75) is 6.42 Å². The molecule has 0 unspecified atom stereocenters. The minimum atomic E-state index is -0.237. The van der Waals surface area contributed by atoms with Gasteiger partial charge in [-0.1, -0.05) is 18.2 Å². The first-order valence-corrected chi connectivity index (χ1v) is 6.65. The predicted molar refractivity (Wildman–Crippen MR) is 81.1 cm³/mol. The first-order valence-electron chi connectivity index (χ1n) is 6.65. The van der Waals surface area contributed by atoms with E-state index in [4.69, 9.17) is 15.3 Å². The van der Waals surface area contributed by atoms with Crippen LogP contribution in [0.2, 0.25) is 0 Å². The average molecular weight is 291 g/mol. The molecule has 0 heterocycles. The molecule has 0 radical (unpaired) electrons. The molecule has 0 fully saturated rings. The highest BCUT2D eigenvalue weighted by Gasteiger charge is 2.06. The maximum absolute atomic E-state index is 11.8. The molecule has 22 heavy (non-hydrogen) atoms. The number of benzene rings is 2. The first kappa shape index (κ1) is 15.1. The van der Waals surface area contributed by atoms with E-state index >= 15 is 0 Å². The smallest absolute Gasteiger partial charge is 0.227 e. The van der Waals surface area contributed by atoms with Gasteiger partial charge in [-0.15, -0.1) is 0 Å². The van der Waals surface area contributed by atoms with Gasteiger partial charge in [0.2, 0.25) is 5.91 Å². The molecule has 0 aromatic heterocycles. The van der Waals surface area contributed by atoms with Crippen LogP contribution in [0.1, 0.15) is 17.5 Å². The second-order valence-electron chi connectivity index (χ2n) is 4.44. The predicted octanol–water partition coefficient (Wildman–Crippen LogP) is 2.84. The molecule has 0 bridgehead atoms. The number of nitrogens with one attached hydrogen (secondary N) is 1. The molecule has 0 saturated carbocycles. The van der Waals surface area contributed by atoms with Gasteiger partial charge in [0.05, 0.1) is 35.9 Å². The summed E-state index contributed by atoms with van der Waals surface area (Å²) < 4.78 is 5.44. The van der Waals surface area contributed by atoms with Crippen LogP contribution < -0.4 is 10.1 Å². The van der Waals surface area contributed by atoms with E-state index < -0.39 is 0 Å². The summed E-state index contributed by atoms with van der Waals surface area (Å²) in [4.78, 5) is 11.8. The molecule has 2 aromatic rings. The number of anilines is 1. The first-order chi connectivity index (χ1) is 10.7. The van der Waals surface area contributed by atoms with E-state index in [1.165, 1.54) is 0 Å². The number of amides is 1. The Morgan fingerprint density at radius 2 is 1.91 bits per heavy atom. The average Bonchev–Trinajstić information content (AvgIpc) is 2.55. The summed E-state index contributed by atoms with van der Waals surface area (Å²) in [5.74, 6) is 0.309.